The molecule has 0 saturated heterocycles. The first-order valence-corrected chi connectivity index (χ1v) is 6.99. The summed E-state index contributed by atoms with van der Waals surface area (Å²) in [4.78, 5) is 4.65. The number of fused-ring (bicyclic) bond motifs is 1. The first-order valence-electron chi connectivity index (χ1n) is 6.23. The van der Waals surface area contributed by atoms with Crippen molar-refractivity contribution in [2.45, 2.75) is 13.5 Å². The van der Waals surface area contributed by atoms with Crippen molar-refractivity contribution >= 4 is 28.8 Å². The molecule has 2 aromatic heterocycles. The van der Waals surface area contributed by atoms with Gasteiger partial charge in [-0.15, -0.1) is 0 Å². The summed E-state index contributed by atoms with van der Waals surface area (Å²) in [6.45, 7) is 2.44. The lowest BCUT2D eigenvalue weighted by molar-refractivity contribution is 0.957. The summed E-state index contributed by atoms with van der Waals surface area (Å²) in [5.41, 5.74) is 10.6. The van der Waals surface area contributed by atoms with Gasteiger partial charge in [-0.1, -0.05) is 35.3 Å². The molecule has 0 aliphatic heterocycles. The largest absolute Gasteiger partial charge is 0.325 e. The Morgan fingerprint density at radius 3 is 2.65 bits per heavy atom. The smallest absolute Gasteiger partial charge is 0.137 e. The molecule has 0 unspecified atom stereocenters. The highest BCUT2D eigenvalue weighted by Crippen LogP contribution is 2.30. The van der Waals surface area contributed by atoms with Crippen LogP contribution in [0.4, 0.5) is 0 Å². The quantitative estimate of drug-likeness (QED) is 0.775. The zero-order valence-electron chi connectivity index (χ0n) is 10.9. The number of nitrogens with two attached hydrogens (primary N) is 1. The SMILES string of the molecule is Cc1ccc2nc(-c3ccc(Cl)c(Cl)c3)c(CN)n2c1. The van der Waals surface area contributed by atoms with Crippen LogP contribution in [0.15, 0.2) is 36.5 Å². The number of aromatic nitrogens is 2. The molecule has 0 fully saturated rings. The van der Waals surface area contributed by atoms with Crippen LogP contribution >= 0.6 is 23.2 Å². The maximum Gasteiger partial charge on any atom is 0.137 e. The number of nitrogens with zero attached hydrogens (tertiary/aromatic N) is 2. The van der Waals surface area contributed by atoms with Gasteiger partial charge in [-0.25, -0.2) is 4.98 Å². The predicted molar refractivity (Wildman–Crippen MR) is 83.3 cm³/mol. The Morgan fingerprint density at radius 1 is 1.15 bits per heavy atom. The Bertz CT molecular complexity index is 793. The Hall–Kier alpha value is -1.55. The minimum Gasteiger partial charge on any atom is -0.325 e. The average molecular weight is 306 g/mol. The molecule has 0 saturated carbocycles. The zero-order valence-corrected chi connectivity index (χ0v) is 12.4. The second-order valence-electron chi connectivity index (χ2n) is 4.67. The molecule has 2 N–H and O–H groups in total. The molecule has 0 atom stereocenters. The third kappa shape index (κ3) is 2.18. The van der Waals surface area contributed by atoms with E-state index >= 15 is 0 Å². The van der Waals surface area contributed by atoms with Crippen LogP contribution in [-0.2, 0) is 6.54 Å². The van der Waals surface area contributed by atoms with E-state index in [1.54, 1.807) is 6.07 Å². The third-order valence-electron chi connectivity index (χ3n) is 3.25. The molecule has 20 heavy (non-hydrogen) atoms. The number of benzene rings is 1. The molecule has 0 spiro atoms. The average Bonchev–Trinajstić information content (AvgIpc) is 2.79. The van der Waals surface area contributed by atoms with E-state index in [0.717, 1.165) is 28.2 Å². The van der Waals surface area contributed by atoms with Gasteiger partial charge < -0.3 is 10.1 Å². The number of aryl methyl sites for hydroxylation is 1. The summed E-state index contributed by atoms with van der Waals surface area (Å²) >= 11 is 12.0. The van der Waals surface area contributed by atoms with Gasteiger partial charge in [-0.2, -0.15) is 0 Å². The normalized spacial score (nSPS) is 11.2. The van der Waals surface area contributed by atoms with Crippen molar-refractivity contribution < 1.29 is 0 Å². The number of imidazole rings is 1. The van der Waals surface area contributed by atoms with Gasteiger partial charge in [0, 0.05) is 18.3 Å². The van der Waals surface area contributed by atoms with E-state index in [4.69, 9.17) is 28.9 Å². The van der Waals surface area contributed by atoms with E-state index in [1.165, 1.54) is 0 Å². The minimum absolute atomic E-state index is 0.403. The molecule has 3 rings (SSSR count). The number of hydrogen-bond donors (Lipinski definition) is 1. The standard InChI is InChI=1S/C15H13Cl2N3/c1-9-2-5-14-19-15(13(7-18)20(14)8-9)10-3-4-11(16)12(17)6-10/h2-6,8H,7,18H2,1H3. The van der Waals surface area contributed by atoms with E-state index in [0.29, 0.717) is 16.6 Å². The van der Waals surface area contributed by atoms with Gasteiger partial charge in [-0.3, -0.25) is 0 Å². The molecule has 0 aliphatic rings. The number of rotatable bonds is 2. The summed E-state index contributed by atoms with van der Waals surface area (Å²) in [5.74, 6) is 0. The first-order chi connectivity index (χ1) is 9.60. The van der Waals surface area contributed by atoms with Crippen LogP contribution in [0, 0.1) is 6.92 Å². The van der Waals surface area contributed by atoms with Gasteiger partial charge in [0.2, 0.25) is 0 Å². The van der Waals surface area contributed by atoms with E-state index < -0.39 is 0 Å². The molecule has 0 amide bonds. The molecule has 1 aromatic carbocycles. The van der Waals surface area contributed by atoms with Crippen LogP contribution in [0.2, 0.25) is 10.0 Å². The van der Waals surface area contributed by atoms with Crippen molar-refractivity contribution in [2.24, 2.45) is 5.73 Å². The van der Waals surface area contributed by atoms with Crippen molar-refractivity contribution in [1.82, 2.24) is 9.38 Å². The molecule has 102 valence electrons. The van der Waals surface area contributed by atoms with Crippen LogP contribution in [-0.4, -0.2) is 9.38 Å². The van der Waals surface area contributed by atoms with Gasteiger partial charge in [0.15, 0.2) is 0 Å². The third-order valence-corrected chi connectivity index (χ3v) is 3.99. The first kappa shape index (κ1) is 13.4. The van der Waals surface area contributed by atoms with Gasteiger partial charge in [0.1, 0.15) is 5.65 Å². The summed E-state index contributed by atoms with van der Waals surface area (Å²) < 4.78 is 2.02. The van der Waals surface area contributed by atoms with E-state index in [9.17, 15) is 0 Å². The van der Waals surface area contributed by atoms with Crippen molar-refractivity contribution in [2.75, 3.05) is 0 Å². The van der Waals surface area contributed by atoms with Crippen molar-refractivity contribution in [3.05, 3.63) is 57.8 Å². The molecule has 3 nitrogen and oxygen atoms in total. The summed E-state index contributed by atoms with van der Waals surface area (Å²) in [6.07, 6.45) is 2.03. The fraction of sp³-hybridized carbons (Fsp3) is 0.133. The molecule has 0 bridgehead atoms. The molecule has 0 aliphatic carbocycles. The second-order valence-corrected chi connectivity index (χ2v) is 5.49. The molecule has 0 radical (unpaired) electrons. The molecule has 5 heteroatoms. The van der Waals surface area contributed by atoms with Crippen molar-refractivity contribution in [3.63, 3.8) is 0 Å². The van der Waals surface area contributed by atoms with Gasteiger partial charge in [-0.05, 0) is 30.7 Å². The number of halogens is 2. The Morgan fingerprint density at radius 2 is 1.95 bits per heavy atom. The van der Waals surface area contributed by atoms with Crippen LogP contribution in [0.3, 0.4) is 0 Å². The Kier molecular flexibility index (Phi) is 3.42. The fourth-order valence-electron chi connectivity index (χ4n) is 2.27. The van der Waals surface area contributed by atoms with Crippen molar-refractivity contribution in [3.8, 4) is 11.3 Å². The topological polar surface area (TPSA) is 43.3 Å². The molecular weight excluding hydrogens is 293 g/mol. The summed E-state index contributed by atoms with van der Waals surface area (Å²) in [6, 6.07) is 9.51. The van der Waals surface area contributed by atoms with Crippen LogP contribution in [0.1, 0.15) is 11.3 Å². The maximum atomic E-state index is 6.09. The Labute approximate surface area is 127 Å². The lowest BCUT2D eigenvalue weighted by atomic mass is 10.1. The summed E-state index contributed by atoms with van der Waals surface area (Å²) in [5, 5.41) is 1.05. The van der Waals surface area contributed by atoms with Gasteiger partial charge >= 0.3 is 0 Å². The lowest BCUT2D eigenvalue weighted by Crippen LogP contribution is -2.02. The second kappa shape index (κ2) is 5.09. The molecular formula is C15H13Cl2N3. The maximum absolute atomic E-state index is 6.09. The number of hydrogen-bond acceptors (Lipinski definition) is 2. The van der Waals surface area contributed by atoms with Gasteiger partial charge in [0.25, 0.3) is 0 Å². The van der Waals surface area contributed by atoms with Crippen molar-refractivity contribution in [1.29, 1.82) is 0 Å². The highest BCUT2D eigenvalue weighted by molar-refractivity contribution is 6.42. The van der Waals surface area contributed by atoms with Crippen LogP contribution in [0.5, 0.6) is 0 Å². The van der Waals surface area contributed by atoms with Gasteiger partial charge in [0.05, 0.1) is 21.4 Å². The predicted octanol–water partition coefficient (Wildman–Crippen LogP) is 4.08. The highest BCUT2D eigenvalue weighted by Gasteiger charge is 2.13. The zero-order chi connectivity index (χ0) is 14.3. The summed E-state index contributed by atoms with van der Waals surface area (Å²) in [7, 11) is 0. The molecule has 2 heterocycles. The number of pyridine rings is 1. The van der Waals surface area contributed by atoms with Crippen LogP contribution < -0.4 is 5.73 Å². The van der Waals surface area contributed by atoms with E-state index in [2.05, 4.69) is 4.98 Å². The highest BCUT2D eigenvalue weighted by atomic mass is 35.5. The fourth-order valence-corrected chi connectivity index (χ4v) is 2.57. The van der Waals surface area contributed by atoms with E-state index in [-0.39, 0.29) is 0 Å². The molecule has 3 aromatic rings. The van der Waals surface area contributed by atoms with Crippen LogP contribution in [0.25, 0.3) is 16.9 Å². The monoisotopic (exact) mass is 305 g/mol. The minimum atomic E-state index is 0.403. The Balaban J connectivity index is 2.27. The van der Waals surface area contributed by atoms with E-state index in [1.807, 2.05) is 41.8 Å². The lowest BCUT2D eigenvalue weighted by Gasteiger charge is -2.04.